The molecule has 10 nitrogen and oxygen atoms in total. The van der Waals surface area contributed by atoms with Crippen LogP contribution in [0.3, 0.4) is 0 Å². The van der Waals surface area contributed by atoms with E-state index < -0.39 is 51.8 Å². The highest BCUT2D eigenvalue weighted by Gasteiger charge is 2.27. The topological polar surface area (TPSA) is 149 Å². The quantitative estimate of drug-likeness (QED) is 0.0238. The van der Waals surface area contributed by atoms with Gasteiger partial charge in [-0.3, -0.25) is 18.6 Å². The number of carbonyl (C=O) groups is 2. The molecule has 0 saturated carbocycles. The Labute approximate surface area is 322 Å². The van der Waals surface area contributed by atoms with E-state index in [2.05, 4.69) is 54.8 Å². The summed E-state index contributed by atoms with van der Waals surface area (Å²) >= 11 is 0. The highest BCUT2D eigenvalue weighted by molar-refractivity contribution is 7.47. The molecule has 1 unspecified atom stereocenters. The van der Waals surface area contributed by atoms with Gasteiger partial charge in [0.2, 0.25) is 0 Å². The van der Waals surface area contributed by atoms with Crippen molar-refractivity contribution < 1.29 is 47.8 Å². The van der Waals surface area contributed by atoms with E-state index in [1.165, 1.54) is 70.6 Å². The third-order valence-electron chi connectivity index (χ3n) is 8.81. The van der Waals surface area contributed by atoms with E-state index in [9.17, 15) is 24.2 Å². The summed E-state index contributed by atoms with van der Waals surface area (Å²) in [6, 6.07) is 0. The van der Waals surface area contributed by atoms with Crippen LogP contribution in [0.4, 0.5) is 0 Å². The molecule has 0 amide bonds. The summed E-state index contributed by atoms with van der Waals surface area (Å²) < 4.78 is 32.7. The number of aliphatic hydroxyl groups is 2. The van der Waals surface area contributed by atoms with Crippen molar-refractivity contribution in [3.8, 4) is 0 Å². The monoisotopic (exact) mass is 773 g/mol. The Kier molecular flexibility index (Phi) is 37.2. The van der Waals surface area contributed by atoms with Gasteiger partial charge in [-0.2, -0.15) is 0 Å². The van der Waals surface area contributed by atoms with Gasteiger partial charge in [0.25, 0.3) is 0 Å². The Balaban J connectivity index is 4.33. The Hall–Kier alpha value is -1.81. The molecule has 0 aliphatic heterocycles. The molecule has 0 heterocycles. The molecule has 0 aromatic heterocycles. The zero-order valence-electron chi connectivity index (χ0n) is 33.5. The van der Waals surface area contributed by atoms with Gasteiger partial charge in [0.1, 0.15) is 12.7 Å². The number of allylic oxidation sites excluding steroid dienone is 6. The summed E-state index contributed by atoms with van der Waals surface area (Å²) in [7, 11) is -4.62. The summed E-state index contributed by atoms with van der Waals surface area (Å²) in [6.45, 7) is 2.25. The van der Waals surface area contributed by atoms with Gasteiger partial charge in [-0.15, -0.1) is 0 Å². The number of esters is 2. The summed E-state index contributed by atoms with van der Waals surface area (Å²) in [6.07, 6.45) is 38.2. The zero-order chi connectivity index (χ0) is 39.1. The molecule has 0 fully saturated rings. The van der Waals surface area contributed by atoms with Crippen molar-refractivity contribution in [2.24, 2.45) is 0 Å². The molecule has 11 heteroatoms. The summed E-state index contributed by atoms with van der Waals surface area (Å²) in [4.78, 5) is 34.9. The van der Waals surface area contributed by atoms with Crippen LogP contribution in [0.15, 0.2) is 36.5 Å². The van der Waals surface area contributed by atoms with E-state index >= 15 is 0 Å². The summed E-state index contributed by atoms with van der Waals surface area (Å²) in [5, 5.41) is 18.3. The van der Waals surface area contributed by atoms with Crippen LogP contribution in [0.2, 0.25) is 0 Å². The van der Waals surface area contributed by atoms with Crippen LogP contribution in [0.1, 0.15) is 181 Å². The highest BCUT2D eigenvalue weighted by Crippen LogP contribution is 2.43. The molecule has 0 rings (SSSR count). The second-order valence-electron chi connectivity index (χ2n) is 14.0. The van der Waals surface area contributed by atoms with Crippen LogP contribution in [0.25, 0.3) is 0 Å². The van der Waals surface area contributed by atoms with Crippen molar-refractivity contribution in [2.75, 3.05) is 26.4 Å². The highest BCUT2D eigenvalue weighted by atomic mass is 31.2. The minimum Gasteiger partial charge on any atom is -0.462 e. The van der Waals surface area contributed by atoms with Crippen molar-refractivity contribution in [1.82, 2.24) is 0 Å². The lowest BCUT2D eigenvalue weighted by molar-refractivity contribution is -0.161. The standard InChI is InChI=1S/C42H77O10P/c1-3-5-7-9-11-13-15-17-19-21-23-25-27-29-31-33-41(45)49-37-40(38-51-53(47,48)50-36-39(44)35-43)52-42(46)34-32-30-28-26-24-22-20-18-16-14-12-10-8-6-4-2/h5,7,11,13,17,19,39-40,43-44H,3-4,6,8-10,12,14-16,18,20-38H2,1-2H3,(H,47,48)/t39-,40+/m0/s1. The second-order valence-corrected chi connectivity index (χ2v) is 15.4. The normalized spacial score (nSPS) is 14.3. The van der Waals surface area contributed by atoms with Gasteiger partial charge >= 0.3 is 19.8 Å². The van der Waals surface area contributed by atoms with E-state index in [4.69, 9.17) is 19.1 Å². The first-order chi connectivity index (χ1) is 25.7. The lowest BCUT2D eigenvalue weighted by Crippen LogP contribution is -2.29. The molecule has 0 spiro atoms. The molecule has 0 aromatic rings. The number of rotatable bonds is 39. The largest absolute Gasteiger partial charge is 0.472 e. The van der Waals surface area contributed by atoms with Crippen molar-refractivity contribution >= 4 is 19.8 Å². The van der Waals surface area contributed by atoms with Crippen molar-refractivity contribution in [3.05, 3.63) is 36.5 Å². The number of unbranched alkanes of at least 4 members (excludes halogenated alkanes) is 19. The molecule has 0 radical (unpaired) electrons. The molecule has 0 aliphatic carbocycles. The molecular formula is C42H77O10P. The minimum atomic E-state index is -4.62. The molecule has 3 atom stereocenters. The number of phosphoric ester groups is 1. The maximum absolute atomic E-state index is 12.6. The molecule has 310 valence electrons. The maximum atomic E-state index is 12.6. The third kappa shape index (κ3) is 38.3. The van der Waals surface area contributed by atoms with Crippen LogP contribution in [0, 0.1) is 0 Å². The lowest BCUT2D eigenvalue weighted by Gasteiger charge is -2.20. The SMILES string of the molecule is CCC=CCC=CCC=CCCCCCCCC(=O)OC[C@H](COP(=O)(O)OC[C@@H](O)CO)OC(=O)CCCCCCCCCCCCCCCCC. The molecule has 53 heavy (non-hydrogen) atoms. The average Bonchev–Trinajstić information content (AvgIpc) is 3.14. The minimum absolute atomic E-state index is 0.183. The number of aliphatic hydroxyl groups excluding tert-OH is 2. The molecular weight excluding hydrogens is 695 g/mol. The summed E-state index contributed by atoms with van der Waals surface area (Å²) in [5.41, 5.74) is 0. The molecule has 0 saturated heterocycles. The molecule has 0 aliphatic rings. The van der Waals surface area contributed by atoms with Crippen LogP contribution in [0.5, 0.6) is 0 Å². The van der Waals surface area contributed by atoms with Gasteiger partial charge in [0.05, 0.1) is 19.8 Å². The van der Waals surface area contributed by atoms with Crippen LogP contribution < -0.4 is 0 Å². The van der Waals surface area contributed by atoms with E-state index in [-0.39, 0.29) is 19.4 Å². The first kappa shape index (κ1) is 51.2. The Morgan fingerprint density at radius 3 is 1.57 bits per heavy atom. The van der Waals surface area contributed by atoms with Gasteiger partial charge < -0.3 is 24.6 Å². The Bertz CT molecular complexity index is 983. The Morgan fingerprint density at radius 2 is 1.04 bits per heavy atom. The number of carbonyl (C=O) groups excluding carboxylic acids is 2. The fourth-order valence-electron chi connectivity index (χ4n) is 5.60. The van der Waals surface area contributed by atoms with E-state index in [1.807, 2.05) is 0 Å². The van der Waals surface area contributed by atoms with Gasteiger partial charge in [-0.1, -0.05) is 159 Å². The van der Waals surface area contributed by atoms with Crippen LogP contribution in [-0.2, 0) is 32.7 Å². The fraction of sp³-hybridized carbons (Fsp3) is 0.810. The average molecular weight is 773 g/mol. The smallest absolute Gasteiger partial charge is 0.462 e. The molecule has 0 bridgehead atoms. The van der Waals surface area contributed by atoms with Gasteiger partial charge in [0, 0.05) is 12.8 Å². The van der Waals surface area contributed by atoms with Crippen molar-refractivity contribution in [3.63, 3.8) is 0 Å². The third-order valence-corrected chi connectivity index (χ3v) is 9.76. The zero-order valence-corrected chi connectivity index (χ0v) is 34.4. The number of phosphoric acid groups is 1. The second kappa shape index (κ2) is 38.5. The fourth-order valence-corrected chi connectivity index (χ4v) is 6.39. The van der Waals surface area contributed by atoms with Gasteiger partial charge in [0.15, 0.2) is 6.10 Å². The summed E-state index contributed by atoms with van der Waals surface area (Å²) in [5.74, 6) is -0.941. The van der Waals surface area contributed by atoms with Crippen LogP contribution in [-0.4, -0.2) is 65.7 Å². The van der Waals surface area contributed by atoms with Gasteiger partial charge in [-0.25, -0.2) is 4.57 Å². The first-order valence-electron chi connectivity index (χ1n) is 20.9. The molecule has 0 aromatic carbocycles. The number of ether oxygens (including phenoxy) is 2. The predicted molar refractivity (Wildman–Crippen MR) is 214 cm³/mol. The number of hydrogen-bond acceptors (Lipinski definition) is 9. The van der Waals surface area contributed by atoms with E-state index in [0.717, 1.165) is 70.6 Å². The van der Waals surface area contributed by atoms with E-state index in [1.54, 1.807) is 0 Å². The van der Waals surface area contributed by atoms with Crippen molar-refractivity contribution in [1.29, 1.82) is 0 Å². The first-order valence-corrected chi connectivity index (χ1v) is 22.4. The van der Waals surface area contributed by atoms with Gasteiger partial charge in [-0.05, 0) is 44.9 Å². The maximum Gasteiger partial charge on any atom is 0.472 e. The number of hydrogen-bond donors (Lipinski definition) is 3. The van der Waals surface area contributed by atoms with Crippen LogP contribution >= 0.6 is 7.82 Å². The predicted octanol–water partition coefficient (Wildman–Crippen LogP) is 10.8. The Morgan fingerprint density at radius 1 is 0.585 bits per heavy atom. The van der Waals surface area contributed by atoms with E-state index in [0.29, 0.717) is 12.8 Å². The lowest BCUT2D eigenvalue weighted by atomic mass is 10.0. The van der Waals surface area contributed by atoms with Crippen molar-refractivity contribution in [2.45, 2.75) is 193 Å². The molecule has 3 N–H and O–H groups in total.